The largest absolute Gasteiger partial charge is 0.416 e. The Morgan fingerprint density at radius 1 is 0.920 bits per heavy atom. The number of hydrogen-bond donors (Lipinski definition) is 3. The molecule has 7 nitrogen and oxygen atoms in total. The summed E-state index contributed by atoms with van der Waals surface area (Å²) in [7, 11) is -4.22. The second-order valence-corrected chi connectivity index (χ2v) is 15.1. The van der Waals surface area contributed by atoms with E-state index in [1.54, 1.807) is 49.4 Å². The summed E-state index contributed by atoms with van der Waals surface area (Å²) in [6.45, 7) is 7.61. The first kappa shape index (κ1) is 38.4. The van der Waals surface area contributed by atoms with Crippen LogP contribution in [-0.4, -0.2) is 37.1 Å². The Morgan fingerprint density at radius 3 is 2.14 bits per heavy atom. The summed E-state index contributed by atoms with van der Waals surface area (Å²) < 4.78 is 70.3. The van der Waals surface area contributed by atoms with Gasteiger partial charge in [-0.2, -0.15) is 21.6 Å². The summed E-state index contributed by atoms with van der Waals surface area (Å²) in [4.78, 5) is 26.4. The number of rotatable bonds is 11. The maximum absolute atomic E-state index is 13.9. The van der Waals surface area contributed by atoms with E-state index in [1.165, 1.54) is 6.07 Å². The topological polar surface area (TPSA) is 113 Å². The number of alkyl halides is 3. The number of hydrogen-bond acceptors (Lipinski definition) is 4. The quantitative estimate of drug-likeness (QED) is 0.134. The lowest BCUT2D eigenvalue weighted by Gasteiger charge is -2.19. The Hall–Kier alpha value is -4.45. The van der Waals surface area contributed by atoms with E-state index < -0.39 is 39.4 Å². The number of benzene rings is 4. The molecule has 0 saturated heterocycles. The Balaban J connectivity index is 1.58. The molecule has 1 unspecified atom stereocenters. The lowest BCUT2D eigenvalue weighted by molar-refractivity contribution is -0.137. The molecule has 0 spiro atoms. The highest BCUT2D eigenvalue weighted by atomic mass is 35.5. The summed E-state index contributed by atoms with van der Waals surface area (Å²) in [5.74, 6) is -2.16. The molecule has 0 aliphatic carbocycles. The van der Waals surface area contributed by atoms with Crippen molar-refractivity contribution in [3.63, 3.8) is 0 Å². The first-order valence-corrected chi connectivity index (χ1v) is 17.7. The fraction of sp³-hybridized carbons (Fsp3) is 0.263. The number of nitrogens with one attached hydrogen (secondary N) is 2. The number of aryl methyl sites for hydroxylation is 1. The van der Waals surface area contributed by atoms with Crippen molar-refractivity contribution in [2.45, 2.75) is 46.2 Å². The number of carbonyl (C=O) groups excluding carboxylic acids is 2. The van der Waals surface area contributed by atoms with Crippen molar-refractivity contribution in [3.05, 3.63) is 129 Å². The highest BCUT2D eigenvalue weighted by Crippen LogP contribution is 2.36. The van der Waals surface area contributed by atoms with E-state index >= 15 is 0 Å². The van der Waals surface area contributed by atoms with Gasteiger partial charge in [-0.1, -0.05) is 93.1 Å². The molecule has 0 saturated carbocycles. The third-order valence-electron chi connectivity index (χ3n) is 7.82. The lowest BCUT2D eigenvalue weighted by atomic mass is 9.89. The van der Waals surface area contributed by atoms with Crippen LogP contribution in [0.2, 0.25) is 5.02 Å². The summed E-state index contributed by atoms with van der Waals surface area (Å²) in [6, 6.07) is 22.5. The molecule has 0 heterocycles. The molecule has 0 bridgehead atoms. The van der Waals surface area contributed by atoms with Gasteiger partial charge in [-0.3, -0.25) is 14.1 Å². The van der Waals surface area contributed by atoms with Crippen LogP contribution in [0.15, 0.2) is 91.0 Å². The molecular formula is C38H38ClF3N2O5S. The third-order valence-corrected chi connectivity index (χ3v) is 8.86. The zero-order valence-corrected chi connectivity index (χ0v) is 29.5. The number of amides is 2. The van der Waals surface area contributed by atoms with E-state index in [1.807, 2.05) is 30.3 Å². The molecule has 3 N–H and O–H groups in total. The SMILES string of the molecule is Cc1cc(C(F)(F)F)ccc1-c1ccc(NC(=O)C(Cc2ccc(C(=O)NCCS(=O)(=O)O)cc2)c2ccc(C=CC(C)(C)C)cc2)c(Cl)c1. The molecule has 264 valence electrons. The van der Waals surface area contributed by atoms with Gasteiger partial charge in [0, 0.05) is 12.1 Å². The minimum absolute atomic E-state index is 0.0132. The van der Waals surface area contributed by atoms with Gasteiger partial charge in [0.1, 0.15) is 0 Å². The van der Waals surface area contributed by atoms with Gasteiger partial charge < -0.3 is 10.6 Å². The first-order chi connectivity index (χ1) is 23.3. The Labute approximate surface area is 295 Å². The Morgan fingerprint density at radius 2 is 1.58 bits per heavy atom. The molecule has 4 aromatic carbocycles. The van der Waals surface area contributed by atoms with Crippen LogP contribution in [0.4, 0.5) is 18.9 Å². The van der Waals surface area contributed by atoms with E-state index in [4.69, 9.17) is 16.2 Å². The molecule has 0 radical (unpaired) electrons. The van der Waals surface area contributed by atoms with Gasteiger partial charge in [0.2, 0.25) is 5.91 Å². The fourth-order valence-corrected chi connectivity index (χ4v) is 5.73. The molecule has 0 aliphatic heterocycles. The van der Waals surface area contributed by atoms with Crippen LogP contribution in [0, 0.1) is 12.3 Å². The second kappa shape index (κ2) is 15.6. The van der Waals surface area contributed by atoms with Crippen molar-refractivity contribution in [1.29, 1.82) is 0 Å². The molecule has 1 atom stereocenters. The van der Waals surface area contributed by atoms with Crippen LogP contribution in [-0.2, 0) is 27.5 Å². The Kier molecular flexibility index (Phi) is 12.0. The highest BCUT2D eigenvalue weighted by molar-refractivity contribution is 7.85. The van der Waals surface area contributed by atoms with E-state index in [9.17, 15) is 31.2 Å². The highest BCUT2D eigenvalue weighted by Gasteiger charge is 2.30. The van der Waals surface area contributed by atoms with Gasteiger partial charge in [0.25, 0.3) is 16.0 Å². The first-order valence-electron chi connectivity index (χ1n) is 15.7. The fourth-order valence-electron chi connectivity index (χ4n) is 5.14. The molecule has 0 aliphatic rings. The van der Waals surface area contributed by atoms with E-state index in [0.29, 0.717) is 22.4 Å². The van der Waals surface area contributed by atoms with Gasteiger partial charge in [0.05, 0.1) is 27.9 Å². The van der Waals surface area contributed by atoms with E-state index in [0.717, 1.165) is 28.8 Å². The van der Waals surface area contributed by atoms with E-state index in [2.05, 4.69) is 37.5 Å². The molecular weight excluding hydrogens is 689 g/mol. The Bertz CT molecular complexity index is 1990. The molecule has 4 aromatic rings. The van der Waals surface area contributed by atoms with Crippen molar-refractivity contribution in [2.24, 2.45) is 5.41 Å². The number of allylic oxidation sites excluding steroid dienone is 1. The van der Waals surface area contributed by atoms with Gasteiger partial charge in [0.15, 0.2) is 0 Å². The molecule has 2 amide bonds. The van der Waals surface area contributed by atoms with Crippen molar-refractivity contribution in [2.75, 3.05) is 17.6 Å². The predicted molar refractivity (Wildman–Crippen MR) is 192 cm³/mol. The van der Waals surface area contributed by atoms with Gasteiger partial charge in [-0.15, -0.1) is 0 Å². The minimum atomic E-state index is -4.46. The van der Waals surface area contributed by atoms with Crippen LogP contribution in [0.25, 0.3) is 17.2 Å². The zero-order valence-electron chi connectivity index (χ0n) is 27.9. The number of anilines is 1. The van der Waals surface area contributed by atoms with Crippen LogP contribution in [0.5, 0.6) is 0 Å². The van der Waals surface area contributed by atoms with Crippen LogP contribution >= 0.6 is 11.6 Å². The van der Waals surface area contributed by atoms with Crippen molar-refractivity contribution >= 4 is 45.3 Å². The van der Waals surface area contributed by atoms with Crippen LogP contribution < -0.4 is 10.6 Å². The molecule has 0 aromatic heterocycles. The zero-order chi connectivity index (χ0) is 36.9. The average molecular weight is 727 g/mol. The van der Waals surface area contributed by atoms with Crippen LogP contribution in [0.3, 0.4) is 0 Å². The predicted octanol–water partition coefficient (Wildman–Crippen LogP) is 8.98. The third kappa shape index (κ3) is 11.0. The standard InChI is InChI=1S/C38H38ClF3N2O5S/c1-24-21-30(38(40,41)42)14-15-31(24)29-13-16-34(33(39)23-29)44-36(46)32(27-9-5-25(6-10-27)17-18-37(2,3)4)22-26-7-11-28(12-8-26)35(45)43-19-20-50(47,48)49/h5-18,21,23,32H,19-20,22H2,1-4H3,(H,43,45)(H,44,46)(H,47,48,49). The summed E-state index contributed by atoms with van der Waals surface area (Å²) >= 11 is 6.60. The lowest BCUT2D eigenvalue weighted by Crippen LogP contribution is -2.28. The van der Waals surface area contributed by atoms with Crippen molar-refractivity contribution in [3.8, 4) is 11.1 Å². The molecule has 0 fully saturated rings. The normalized spacial score (nSPS) is 12.9. The number of carbonyl (C=O) groups is 2. The van der Waals surface area contributed by atoms with Gasteiger partial charge >= 0.3 is 6.18 Å². The molecule has 4 rings (SSSR count). The summed E-state index contributed by atoms with van der Waals surface area (Å²) in [5.41, 5.74) is 3.88. The number of halogens is 4. The minimum Gasteiger partial charge on any atom is -0.351 e. The van der Waals surface area contributed by atoms with Crippen LogP contribution in [0.1, 0.15) is 64.9 Å². The van der Waals surface area contributed by atoms with Crippen molar-refractivity contribution < 1.29 is 35.7 Å². The maximum atomic E-state index is 13.9. The maximum Gasteiger partial charge on any atom is 0.416 e. The summed E-state index contributed by atoms with van der Waals surface area (Å²) in [5, 5.41) is 5.56. The smallest absolute Gasteiger partial charge is 0.351 e. The molecule has 12 heteroatoms. The van der Waals surface area contributed by atoms with Gasteiger partial charge in [-0.05, 0) is 88.5 Å². The summed E-state index contributed by atoms with van der Waals surface area (Å²) in [6.07, 6.45) is -0.101. The monoisotopic (exact) mass is 726 g/mol. The second-order valence-electron chi connectivity index (χ2n) is 13.1. The molecule has 50 heavy (non-hydrogen) atoms. The average Bonchev–Trinajstić information content (AvgIpc) is 3.02. The van der Waals surface area contributed by atoms with E-state index in [-0.39, 0.29) is 34.9 Å². The van der Waals surface area contributed by atoms with Crippen molar-refractivity contribution in [1.82, 2.24) is 5.32 Å². The van der Waals surface area contributed by atoms with Gasteiger partial charge in [-0.25, -0.2) is 0 Å².